The number of hydrogen-bond acceptors (Lipinski definition) is 2. The number of nitrogens with zero attached hydrogens (tertiary/aromatic N) is 2. The van der Waals surface area contributed by atoms with Crippen molar-refractivity contribution in [3.05, 3.63) is 47.9 Å². The molecular weight excluding hydrogens is 280 g/mol. The van der Waals surface area contributed by atoms with E-state index in [0.29, 0.717) is 12.1 Å². The third-order valence-corrected chi connectivity index (χ3v) is 5.27. The van der Waals surface area contributed by atoms with Crippen LogP contribution in [0.2, 0.25) is 0 Å². The van der Waals surface area contributed by atoms with E-state index in [1.165, 1.54) is 17.6 Å². The number of fused-ring (bicyclic) bond motifs is 3. The van der Waals surface area contributed by atoms with Crippen LogP contribution in [-0.2, 0) is 0 Å². The molecule has 1 fully saturated rings. The van der Waals surface area contributed by atoms with Crippen LogP contribution in [0, 0.1) is 10.8 Å². The van der Waals surface area contributed by atoms with Crippen molar-refractivity contribution in [2.24, 2.45) is 10.8 Å². The van der Waals surface area contributed by atoms with E-state index in [1.54, 1.807) is 0 Å². The van der Waals surface area contributed by atoms with Crippen LogP contribution in [0.25, 0.3) is 0 Å². The zero-order valence-electron chi connectivity index (χ0n) is 15.6. The summed E-state index contributed by atoms with van der Waals surface area (Å²) in [5.41, 5.74) is 3.34. The zero-order valence-corrected chi connectivity index (χ0v) is 15.6. The molecule has 3 rings (SSSR count). The molecule has 23 heavy (non-hydrogen) atoms. The lowest BCUT2D eigenvalue weighted by Crippen LogP contribution is -2.46. The Morgan fingerprint density at radius 3 is 1.48 bits per heavy atom. The minimum atomic E-state index is 0.209. The van der Waals surface area contributed by atoms with Gasteiger partial charge < -0.3 is 9.80 Å². The predicted molar refractivity (Wildman–Crippen MR) is 99.0 cm³/mol. The average molecular weight is 313 g/mol. The summed E-state index contributed by atoms with van der Waals surface area (Å²) < 4.78 is 0. The number of rotatable bonds is 0. The minimum Gasteiger partial charge on any atom is -0.369 e. The third kappa shape index (κ3) is 3.27. The third-order valence-electron chi connectivity index (χ3n) is 5.27. The molecule has 0 aromatic heterocycles. The van der Waals surface area contributed by atoms with Crippen LogP contribution in [0.3, 0.4) is 0 Å². The molecule has 3 heterocycles. The van der Waals surface area contributed by atoms with E-state index in [2.05, 4.69) is 88.0 Å². The van der Waals surface area contributed by atoms with E-state index < -0.39 is 0 Å². The predicted octanol–water partition coefficient (Wildman–Crippen LogP) is 4.73. The summed E-state index contributed by atoms with van der Waals surface area (Å²) in [7, 11) is 0. The molecule has 0 aromatic rings. The number of allylic oxidation sites excluding steroid dienone is 4. The highest BCUT2D eigenvalue weighted by molar-refractivity contribution is 5.37. The second-order valence-corrected chi connectivity index (χ2v) is 9.19. The monoisotopic (exact) mass is 312 g/mol. The fourth-order valence-electron chi connectivity index (χ4n) is 3.69. The van der Waals surface area contributed by atoms with Gasteiger partial charge in [0.2, 0.25) is 0 Å². The van der Waals surface area contributed by atoms with Crippen molar-refractivity contribution in [3.8, 4) is 0 Å². The molecule has 3 aliphatic rings. The van der Waals surface area contributed by atoms with Crippen LogP contribution in [0.15, 0.2) is 47.9 Å². The molecule has 0 saturated carbocycles. The first-order chi connectivity index (χ1) is 10.7. The summed E-state index contributed by atoms with van der Waals surface area (Å²) in [5.74, 6) is 0. The van der Waals surface area contributed by atoms with Crippen LogP contribution in [0.1, 0.15) is 48.0 Å². The van der Waals surface area contributed by atoms with Gasteiger partial charge in [-0.3, -0.25) is 0 Å². The largest absolute Gasteiger partial charge is 0.369 e. The SMILES string of the molecule is CC(C)(C)C1=C[C@@H]2[C@H]3C=C(C(C)(C)C)C=CN3CCCN2C=C1. The first-order valence-corrected chi connectivity index (χ1v) is 8.99. The van der Waals surface area contributed by atoms with Gasteiger partial charge in [-0.15, -0.1) is 0 Å². The summed E-state index contributed by atoms with van der Waals surface area (Å²) in [6.07, 6.45) is 15.5. The van der Waals surface area contributed by atoms with Gasteiger partial charge in [-0.05, 0) is 52.9 Å². The van der Waals surface area contributed by atoms with Crippen molar-refractivity contribution in [3.63, 3.8) is 0 Å². The topological polar surface area (TPSA) is 6.48 Å². The molecule has 2 nitrogen and oxygen atoms in total. The van der Waals surface area contributed by atoms with Crippen molar-refractivity contribution in [1.82, 2.24) is 9.80 Å². The maximum absolute atomic E-state index is 2.54. The second-order valence-electron chi connectivity index (χ2n) is 9.19. The maximum Gasteiger partial charge on any atom is 0.0713 e. The Labute approximate surface area is 142 Å². The first kappa shape index (κ1) is 16.4. The van der Waals surface area contributed by atoms with Crippen molar-refractivity contribution in [1.29, 1.82) is 0 Å². The fraction of sp³-hybridized carbons (Fsp3) is 0.619. The van der Waals surface area contributed by atoms with Gasteiger partial charge in [0.25, 0.3) is 0 Å². The van der Waals surface area contributed by atoms with Crippen molar-refractivity contribution in [2.45, 2.75) is 60.0 Å². The highest BCUT2D eigenvalue weighted by Gasteiger charge is 2.35. The molecular formula is C21H32N2. The Hall–Kier alpha value is -1.44. The van der Waals surface area contributed by atoms with E-state index >= 15 is 0 Å². The molecule has 0 aliphatic carbocycles. The summed E-state index contributed by atoms with van der Waals surface area (Å²) in [5, 5.41) is 0. The van der Waals surface area contributed by atoms with Crippen LogP contribution in [0.5, 0.6) is 0 Å². The van der Waals surface area contributed by atoms with Crippen LogP contribution in [0.4, 0.5) is 0 Å². The van der Waals surface area contributed by atoms with Gasteiger partial charge in [0, 0.05) is 13.1 Å². The minimum absolute atomic E-state index is 0.209. The summed E-state index contributed by atoms with van der Waals surface area (Å²) in [4.78, 5) is 5.08. The van der Waals surface area contributed by atoms with Gasteiger partial charge in [0.05, 0.1) is 12.1 Å². The molecule has 0 N–H and O–H groups in total. The molecule has 2 heteroatoms. The fourth-order valence-corrected chi connectivity index (χ4v) is 3.69. The molecule has 2 atom stereocenters. The van der Waals surface area contributed by atoms with Crippen molar-refractivity contribution in [2.75, 3.05) is 13.1 Å². The molecule has 0 aromatic carbocycles. The second kappa shape index (κ2) is 5.58. The van der Waals surface area contributed by atoms with Crippen LogP contribution in [-0.4, -0.2) is 35.0 Å². The smallest absolute Gasteiger partial charge is 0.0713 e. The normalized spacial score (nSPS) is 27.9. The number of hydrogen-bond donors (Lipinski definition) is 0. The average Bonchev–Trinajstić information content (AvgIpc) is 2.63. The van der Waals surface area contributed by atoms with E-state index in [4.69, 9.17) is 0 Å². The van der Waals surface area contributed by atoms with Crippen LogP contribution >= 0.6 is 0 Å². The van der Waals surface area contributed by atoms with Crippen LogP contribution < -0.4 is 0 Å². The molecule has 0 amide bonds. The Kier molecular flexibility index (Phi) is 3.98. The van der Waals surface area contributed by atoms with E-state index in [-0.39, 0.29) is 10.8 Å². The molecule has 0 unspecified atom stereocenters. The van der Waals surface area contributed by atoms with E-state index in [0.717, 1.165) is 13.1 Å². The van der Waals surface area contributed by atoms with Gasteiger partial charge in [0.15, 0.2) is 0 Å². The van der Waals surface area contributed by atoms with Gasteiger partial charge in [-0.2, -0.15) is 0 Å². The first-order valence-electron chi connectivity index (χ1n) is 8.99. The zero-order chi connectivity index (χ0) is 16.8. The molecule has 126 valence electrons. The van der Waals surface area contributed by atoms with Crippen molar-refractivity contribution < 1.29 is 0 Å². The highest BCUT2D eigenvalue weighted by Crippen LogP contribution is 2.36. The quantitative estimate of drug-likeness (QED) is 0.638. The van der Waals surface area contributed by atoms with Gasteiger partial charge in [-0.25, -0.2) is 0 Å². The Morgan fingerprint density at radius 2 is 1.13 bits per heavy atom. The Bertz CT molecular complexity index is 526. The Balaban J connectivity index is 1.99. The summed E-state index contributed by atoms with van der Waals surface area (Å²) >= 11 is 0. The molecule has 0 radical (unpaired) electrons. The van der Waals surface area contributed by atoms with E-state index in [1.807, 2.05) is 0 Å². The van der Waals surface area contributed by atoms with Gasteiger partial charge in [0.1, 0.15) is 0 Å². The lowest BCUT2D eigenvalue weighted by molar-refractivity contribution is 0.240. The lowest BCUT2D eigenvalue weighted by atomic mass is 9.80. The maximum atomic E-state index is 2.54. The molecule has 1 saturated heterocycles. The summed E-state index contributed by atoms with van der Waals surface area (Å²) in [6.45, 7) is 16.2. The Morgan fingerprint density at radius 1 is 0.739 bits per heavy atom. The lowest BCUT2D eigenvalue weighted by Gasteiger charge is -2.41. The van der Waals surface area contributed by atoms with Crippen molar-refractivity contribution >= 4 is 0 Å². The molecule has 3 aliphatic heterocycles. The highest BCUT2D eigenvalue weighted by atomic mass is 15.3. The standard InChI is InChI=1S/C21H32N2/c1-20(2,3)16-8-12-22-10-7-11-23-13-9-17(21(4,5)6)15-19(23)18(22)14-16/h8-9,12-15,18-19H,7,10-11H2,1-6H3/t18-,19-/m1/s1. The summed E-state index contributed by atoms with van der Waals surface area (Å²) in [6, 6.07) is 0.887. The van der Waals surface area contributed by atoms with Gasteiger partial charge in [-0.1, -0.05) is 53.7 Å². The molecule has 0 bridgehead atoms. The van der Waals surface area contributed by atoms with E-state index in [9.17, 15) is 0 Å². The van der Waals surface area contributed by atoms with Gasteiger partial charge >= 0.3 is 0 Å². The molecule has 0 spiro atoms.